The summed E-state index contributed by atoms with van der Waals surface area (Å²) in [5.74, 6) is 0. The quantitative estimate of drug-likeness (QED) is 0.747. The molecule has 0 spiro atoms. The molecule has 1 unspecified atom stereocenters. The summed E-state index contributed by atoms with van der Waals surface area (Å²) in [6.07, 6.45) is 5.06. The van der Waals surface area contributed by atoms with Crippen molar-refractivity contribution in [2.45, 2.75) is 38.3 Å². The molecular weight excluding hydrogens is 250 g/mol. The smallest absolute Gasteiger partial charge is 0.211 e. The van der Waals surface area contributed by atoms with Gasteiger partial charge in [-0.3, -0.25) is 4.90 Å². The van der Waals surface area contributed by atoms with Gasteiger partial charge in [0, 0.05) is 44.8 Å². The molecule has 1 saturated heterocycles. The highest BCUT2D eigenvalue weighted by Gasteiger charge is 2.28. The summed E-state index contributed by atoms with van der Waals surface area (Å²) in [6, 6.07) is 1.30. The van der Waals surface area contributed by atoms with Gasteiger partial charge in [0.05, 0.1) is 6.26 Å². The van der Waals surface area contributed by atoms with Crippen molar-refractivity contribution in [2.75, 3.05) is 39.0 Å². The monoisotopic (exact) mass is 275 g/mol. The summed E-state index contributed by atoms with van der Waals surface area (Å²) < 4.78 is 24.5. The zero-order chi connectivity index (χ0) is 13.2. The lowest BCUT2D eigenvalue weighted by Crippen LogP contribution is -2.53. The minimum atomic E-state index is -3.01. The van der Waals surface area contributed by atoms with E-state index in [0.29, 0.717) is 19.1 Å². The Balaban J connectivity index is 1.79. The van der Waals surface area contributed by atoms with Crippen molar-refractivity contribution in [1.29, 1.82) is 0 Å². The van der Waals surface area contributed by atoms with Crippen LogP contribution in [-0.4, -0.2) is 68.7 Å². The molecule has 1 aliphatic heterocycles. The van der Waals surface area contributed by atoms with Crippen LogP contribution in [0, 0.1) is 0 Å². The van der Waals surface area contributed by atoms with Crippen LogP contribution in [-0.2, 0) is 10.0 Å². The van der Waals surface area contributed by atoms with Gasteiger partial charge in [0.15, 0.2) is 0 Å². The number of nitrogens with one attached hydrogen (secondary N) is 1. The van der Waals surface area contributed by atoms with Gasteiger partial charge < -0.3 is 5.32 Å². The van der Waals surface area contributed by atoms with Crippen molar-refractivity contribution in [3.8, 4) is 0 Å². The molecule has 0 amide bonds. The van der Waals surface area contributed by atoms with E-state index in [1.54, 1.807) is 4.31 Å². The highest BCUT2D eigenvalue weighted by molar-refractivity contribution is 7.88. The zero-order valence-corrected chi connectivity index (χ0v) is 12.2. The first-order valence-electron chi connectivity index (χ1n) is 6.93. The maximum atomic E-state index is 11.5. The molecule has 1 N–H and O–H groups in total. The van der Waals surface area contributed by atoms with Crippen LogP contribution in [0.3, 0.4) is 0 Å². The fourth-order valence-corrected chi connectivity index (χ4v) is 3.35. The molecular formula is C12H25N3O2S. The molecule has 2 aliphatic rings. The number of piperazine rings is 1. The summed E-state index contributed by atoms with van der Waals surface area (Å²) in [4.78, 5) is 2.43. The van der Waals surface area contributed by atoms with E-state index in [4.69, 9.17) is 0 Å². The van der Waals surface area contributed by atoms with Gasteiger partial charge in [-0.2, -0.15) is 4.31 Å². The largest absolute Gasteiger partial charge is 0.312 e. The van der Waals surface area contributed by atoms with E-state index in [9.17, 15) is 8.42 Å². The van der Waals surface area contributed by atoms with Gasteiger partial charge in [-0.15, -0.1) is 0 Å². The van der Waals surface area contributed by atoms with Gasteiger partial charge in [0.25, 0.3) is 0 Å². The first-order chi connectivity index (χ1) is 8.50. The van der Waals surface area contributed by atoms with Crippen molar-refractivity contribution in [3.05, 3.63) is 0 Å². The molecule has 2 rings (SSSR count). The van der Waals surface area contributed by atoms with Gasteiger partial charge in [-0.25, -0.2) is 8.42 Å². The second-order valence-electron chi connectivity index (χ2n) is 5.44. The molecule has 1 aliphatic carbocycles. The first kappa shape index (κ1) is 14.2. The van der Waals surface area contributed by atoms with Crippen LogP contribution in [0.15, 0.2) is 0 Å². The molecule has 1 atom stereocenters. The van der Waals surface area contributed by atoms with Crippen molar-refractivity contribution < 1.29 is 8.42 Å². The second-order valence-corrected chi connectivity index (χ2v) is 7.43. The number of nitrogens with zero attached hydrogens (tertiary/aromatic N) is 2. The predicted molar refractivity (Wildman–Crippen MR) is 73.1 cm³/mol. The Bertz CT molecular complexity index is 360. The summed E-state index contributed by atoms with van der Waals surface area (Å²) in [5.41, 5.74) is 0. The molecule has 0 radical (unpaired) electrons. The van der Waals surface area contributed by atoms with Crippen LogP contribution >= 0.6 is 0 Å². The van der Waals surface area contributed by atoms with Crippen molar-refractivity contribution in [1.82, 2.24) is 14.5 Å². The van der Waals surface area contributed by atoms with Crippen LogP contribution in [0.2, 0.25) is 0 Å². The van der Waals surface area contributed by atoms with E-state index in [1.165, 1.54) is 19.1 Å². The Morgan fingerprint density at radius 2 is 1.83 bits per heavy atom. The topological polar surface area (TPSA) is 52.6 Å². The van der Waals surface area contributed by atoms with E-state index < -0.39 is 10.0 Å². The molecule has 6 heteroatoms. The Morgan fingerprint density at radius 1 is 1.22 bits per heavy atom. The van der Waals surface area contributed by atoms with Gasteiger partial charge >= 0.3 is 0 Å². The van der Waals surface area contributed by atoms with Crippen LogP contribution in [0.1, 0.15) is 26.2 Å². The summed E-state index contributed by atoms with van der Waals surface area (Å²) in [5, 5.41) is 3.57. The molecule has 0 aromatic rings. The average Bonchev–Trinajstić information content (AvgIpc) is 3.13. The lowest BCUT2D eigenvalue weighted by atomic mass is 10.1. The molecule has 106 valence electrons. The van der Waals surface area contributed by atoms with Gasteiger partial charge in [0.1, 0.15) is 0 Å². The van der Waals surface area contributed by atoms with E-state index in [1.807, 2.05) is 0 Å². The van der Waals surface area contributed by atoms with E-state index in [2.05, 4.69) is 17.1 Å². The fourth-order valence-electron chi connectivity index (χ4n) is 2.52. The Kier molecular flexibility index (Phi) is 4.64. The Labute approximate surface area is 111 Å². The summed E-state index contributed by atoms with van der Waals surface area (Å²) in [6.45, 7) is 6.25. The molecule has 0 aromatic carbocycles. The van der Waals surface area contributed by atoms with Gasteiger partial charge in [0.2, 0.25) is 10.0 Å². The van der Waals surface area contributed by atoms with Crippen LogP contribution in [0.25, 0.3) is 0 Å². The lowest BCUT2D eigenvalue weighted by molar-refractivity contribution is 0.132. The molecule has 0 aromatic heterocycles. The Morgan fingerprint density at radius 3 is 2.28 bits per heavy atom. The van der Waals surface area contributed by atoms with Crippen LogP contribution < -0.4 is 5.32 Å². The number of hydrogen-bond donors (Lipinski definition) is 1. The van der Waals surface area contributed by atoms with Crippen LogP contribution in [0.4, 0.5) is 0 Å². The summed E-state index contributed by atoms with van der Waals surface area (Å²) >= 11 is 0. The second kappa shape index (κ2) is 5.86. The number of rotatable bonds is 6. The van der Waals surface area contributed by atoms with E-state index in [0.717, 1.165) is 32.1 Å². The standard InChI is InChI=1S/C12H25N3O2S/c1-3-12(10-13-11-4-5-11)14-6-8-15(9-7-14)18(2,16)17/h11-13H,3-10H2,1-2H3. The minimum absolute atomic E-state index is 0.548. The predicted octanol–water partition coefficient (Wildman–Crippen LogP) is 0.0942. The van der Waals surface area contributed by atoms with Crippen molar-refractivity contribution in [2.24, 2.45) is 0 Å². The highest BCUT2D eigenvalue weighted by atomic mass is 32.2. The molecule has 18 heavy (non-hydrogen) atoms. The summed E-state index contributed by atoms with van der Waals surface area (Å²) in [7, 11) is -3.01. The zero-order valence-electron chi connectivity index (χ0n) is 11.4. The highest BCUT2D eigenvalue weighted by Crippen LogP contribution is 2.19. The molecule has 0 bridgehead atoms. The molecule has 2 fully saturated rings. The third kappa shape index (κ3) is 3.91. The Hall–Kier alpha value is -0.170. The van der Waals surface area contributed by atoms with E-state index in [-0.39, 0.29) is 0 Å². The third-order valence-corrected chi connectivity index (χ3v) is 5.25. The number of sulfonamides is 1. The maximum absolute atomic E-state index is 11.5. The fraction of sp³-hybridized carbons (Fsp3) is 1.00. The van der Waals surface area contributed by atoms with Gasteiger partial charge in [-0.1, -0.05) is 6.92 Å². The maximum Gasteiger partial charge on any atom is 0.211 e. The first-order valence-corrected chi connectivity index (χ1v) is 8.78. The van der Waals surface area contributed by atoms with Crippen molar-refractivity contribution in [3.63, 3.8) is 0 Å². The average molecular weight is 275 g/mol. The molecule has 1 saturated carbocycles. The third-order valence-electron chi connectivity index (χ3n) is 3.95. The lowest BCUT2D eigenvalue weighted by Gasteiger charge is -2.38. The molecule has 5 nitrogen and oxygen atoms in total. The SMILES string of the molecule is CCC(CNC1CC1)N1CCN(S(C)(=O)=O)CC1. The van der Waals surface area contributed by atoms with E-state index >= 15 is 0 Å². The normalized spacial score (nSPS) is 25.2. The molecule has 1 heterocycles. The van der Waals surface area contributed by atoms with Gasteiger partial charge in [-0.05, 0) is 19.3 Å². The minimum Gasteiger partial charge on any atom is -0.312 e. The number of hydrogen-bond acceptors (Lipinski definition) is 4. The van der Waals surface area contributed by atoms with Crippen LogP contribution in [0.5, 0.6) is 0 Å². The van der Waals surface area contributed by atoms with Crippen molar-refractivity contribution >= 4 is 10.0 Å².